The zero-order valence-electron chi connectivity index (χ0n) is 11.9. The molecule has 0 aromatic heterocycles. The predicted octanol–water partition coefficient (Wildman–Crippen LogP) is 4.71. The van der Waals surface area contributed by atoms with Crippen molar-refractivity contribution in [3.8, 4) is 0 Å². The summed E-state index contributed by atoms with van der Waals surface area (Å²) >= 11 is 3.55. The van der Waals surface area contributed by atoms with Crippen LogP contribution in [-0.4, -0.2) is 6.54 Å². The van der Waals surface area contributed by atoms with Gasteiger partial charge in [-0.15, -0.1) is 0 Å². The molecule has 0 heterocycles. The molecule has 1 unspecified atom stereocenters. The SMILES string of the molecule is CC(C)C(C)(C)CNC1CCc2cc(Br)ccc21. The molecule has 1 aromatic carbocycles. The third-order valence-corrected chi connectivity index (χ3v) is 5.04. The van der Waals surface area contributed by atoms with E-state index in [0.717, 1.165) is 6.54 Å². The molecule has 0 radical (unpaired) electrons. The highest BCUT2D eigenvalue weighted by Crippen LogP contribution is 2.34. The number of nitrogens with one attached hydrogen (secondary N) is 1. The first kappa shape index (κ1) is 14.1. The summed E-state index contributed by atoms with van der Waals surface area (Å²) in [5.74, 6) is 0.704. The molecular weight excluding hydrogens is 286 g/mol. The van der Waals surface area contributed by atoms with Crippen LogP contribution in [0.4, 0.5) is 0 Å². The van der Waals surface area contributed by atoms with Gasteiger partial charge in [-0.3, -0.25) is 0 Å². The van der Waals surface area contributed by atoms with Crippen LogP contribution in [0.2, 0.25) is 0 Å². The van der Waals surface area contributed by atoms with Gasteiger partial charge in [0.05, 0.1) is 0 Å². The Balaban J connectivity index is 2.02. The van der Waals surface area contributed by atoms with E-state index in [1.807, 2.05) is 0 Å². The van der Waals surface area contributed by atoms with Crippen molar-refractivity contribution in [2.75, 3.05) is 6.54 Å². The summed E-state index contributed by atoms with van der Waals surface area (Å²) in [5.41, 5.74) is 3.36. The normalized spacial score (nSPS) is 19.3. The van der Waals surface area contributed by atoms with Gasteiger partial charge < -0.3 is 5.32 Å². The van der Waals surface area contributed by atoms with E-state index >= 15 is 0 Å². The van der Waals surface area contributed by atoms with Gasteiger partial charge in [0, 0.05) is 17.1 Å². The minimum atomic E-state index is 0.359. The highest BCUT2D eigenvalue weighted by molar-refractivity contribution is 9.10. The average molecular weight is 310 g/mol. The van der Waals surface area contributed by atoms with E-state index in [-0.39, 0.29) is 0 Å². The molecule has 2 rings (SSSR count). The molecule has 1 aliphatic carbocycles. The van der Waals surface area contributed by atoms with Crippen LogP contribution < -0.4 is 5.32 Å². The third kappa shape index (κ3) is 2.97. The van der Waals surface area contributed by atoms with E-state index in [1.165, 1.54) is 28.4 Å². The van der Waals surface area contributed by atoms with E-state index in [0.29, 0.717) is 17.4 Å². The topological polar surface area (TPSA) is 12.0 Å². The minimum Gasteiger partial charge on any atom is -0.309 e. The lowest BCUT2D eigenvalue weighted by Gasteiger charge is -2.31. The van der Waals surface area contributed by atoms with Crippen molar-refractivity contribution in [3.63, 3.8) is 0 Å². The van der Waals surface area contributed by atoms with Gasteiger partial charge in [0.1, 0.15) is 0 Å². The summed E-state index contributed by atoms with van der Waals surface area (Å²) in [6.45, 7) is 10.4. The molecule has 1 aromatic rings. The lowest BCUT2D eigenvalue weighted by atomic mass is 9.81. The summed E-state index contributed by atoms with van der Waals surface area (Å²) in [6.07, 6.45) is 2.44. The molecule has 0 fully saturated rings. The molecule has 1 aliphatic rings. The number of fused-ring (bicyclic) bond motifs is 1. The Morgan fingerprint density at radius 3 is 2.78 bits per heavy atom. The Bertz CT molecular complexity index is 423. The molecule has 0 spiro atoms. The largest absolute Gasteiger partial charge is 0.309 e. The Kier molecular flexibility index (Phi) is 4.18. The van der Waals surface area contributed by atoms with Crippen molar-refractivity contribution >= 4 is 15.9 Å². The summed E-state index contributed by atoms with van der Waals surface area (Å²) < 4.78 is 1.20. The molecule has 1 N–H and O–H groups in total. The van der Waals surface area contributed by atoms with Gasteiger partial charge in [0.25, 0.3) is 0 Å². The Labute approximate surface area is 119 Å². The van der Waals surface area contributed by atoms with E-state index < -0.39 is 0 Å². The number of aryl methyl sites for hydroxylation is 1. The maximum Gasteiger partial charge on any atom is 0.0326 e. The zero-order valence-corrected chi connectivity index (χ0v) is 13.5. The summed E-state index contributed by atoms with van der Waals surface area (Å²) in [7, 11) is 0. The van der Waals surface area contributed by atoms with Crippen molar-refractivity contribution in [1.29, 1.82) is 0 Å². The number of halogens is 1. The fraction of sp³-hybridized carbons (Fsp3) is 0.625. The molecule has 2 heteroatoms. The van der Waals surface area contributed by atoms with Gasteiger partial charge in [-0.05, 0) is 47.4 Å². The molecule has 0 bridgehead atoms. The quantitative estimate of drug-likeness (QED) is 0.849. The lowest BCUT2D eigenvalue weighted by molar-refractivity contribution is 0.228. The molecule has 0 amide bonds. The average Bonchev–Trinajstić information content (AvgIpc) is 2.68. The minimum absolute atomic E-state index is 0.359. The summed E-state index contributed by atoms with van der Waals surface area (Å²) in [6, 6.07) is 7.25. The van der Waals surface area contributed by atoms with Crippen LogP contribution in [0, 0.1) is 11.3 Å². The van der Waals surface area contributed by atoms with E-state index in [4.69, 9.17) is 0 Å². The molecule has 0 saturated heterocycles. The maximum atomic E-state index is 3.76. The second-order valence-electron chi connectivity index (χ2n) is 6.46. The predicted molar refractivity (Wildman–Crippen MR) is 81.8 cm³/mol. The molecule has 100 valence electrons. The van der Waals surface area contributed by atoms with Gasteiger partial charge in [0.15, 0.2) is 0 Å². The third-order valence-electron chi connectivity index (χ3n) is 4.55. The van der Waals surface area contributed by atoms with Crippen molar-refractivity contribution < 1.29 is 0 Å². The summed E-state index contributed by atoms with van der Waals surface area (Å²) in [4.78, 5) is 0. The van der Waals surface area contributed by atoms with Crippen molar-refractivity contribution in [1.82, 2.24) is 5.32 Å². The monoisotopic (exact) mass is 309 g/mol. The number of benzene rings is 1. The van der Waals surface area contributed by atoms with Gasteiger partial charge in [-0.1, -0.05) is 49.7 Å². The van der Waals surface area contributed by atoms with Crippen LogP contribution in [0.25, 0.3) is 0 Å². The van der Waals surface area contributed by atoms with Crippen LogP contribution in [0.3, 0.4) is 0 Å². The summed E-state index contributed by atoms with van der Waals surface area (Å²) in [5, 5.41) is 3.76. The van der Waals surface area contributed by atoms with Crippen LogP contribution in [-0.2, 0) is 6.42 Å². The number of hydrogen-bond donors (Lipinski definition) is 1. The van der Waals surface area contributed by atoms with E-state index in [2.05, 4.69) is 67.1 Å². The second kappa shape index (κ2) is 5.34. The highest BCUT2D eigenvalue weighted by atomic mass is 79.9. The Morgan fingerprint density at radius 1 is 1.39 bits per heavy atom. The fourth-order valence-corrected chi connectivity index (χ4v) is 2.80. The smallest absolute Gasteiger partial charge is 0.0326 e. The maximum absolute atomic E-state index is 3.76. The van der Waals surface area contributed by atoms with Crippen LogP contribution in [0.5, 0.6) is 0 Å². The standard InChI is InChI=1S/C16H24BrN/c1-11(2)16(3,4)10-18-15-8-5-12-9-13(17)6-7-14(12)15/h6-7,9,11,15,18H,5,8,10H2,1-4H3. The Hall–Kier alpha value is -0.340. The van der Waals surface area contributed by atoms with Gasteiger partial charge in [0.2, 0.25) is 0 Å². The molecule has 0 aliphatic heterocycles. The van der Waals surface area contributed by atoms with Crippen molar-refractivity contribution in [2.24, 2.45) is 11.3 Å². The molecule has 1 nitrogen and oxygen atoms in total. The first-order valence-electron chi connectivity index (χ1n) is 6.92. The molecule has 18 heavy (non-hydrogen) atoms. The second-order valence-corrected chi connectivity index (χ2v) is 7.37. The Morgan fingerprint density at radius 2 is 2.11 bits per heavy atom. The van der Waals surface area contributed by atoms with Crippen LogP contribution in [0.15, 0.2) is 22.7 Å². The zero-order chi connectivity index (χ0) is 13.3. The fourth-order valence-electron chi connectivity index (χ4n) is 2.39. The molecular formula is C16H24BrN. The van der Waals surface area contributed by atoms with E-state index in [1.54, 1.807) is 0 Å². The van der Waals surface area contributed by atoms with Crippen LogP contribution in [0.1, 0.15) is 51.3 Å². The number of hydrogen-bond acceptors (Lipinski definition) is 1. The first-order valence-corrected chi connectivity index (χ1v) is 7.71. The van der Waals surface area contributed by atoms with Gasteiger partial charge >= 0.3 is 0 Å². The lowest BCUT2D eigenvalue weighted by Crippen LogP contribution is -2.35. The highest BCUT2D eigenvalue weighted by Gasteiger charge is 2.27. The first-order chi connectivity index (χ1) is 8.40. The van der Waals surface area contributed by atoms with Crippen LogP contribution >= 0.6 is 15.9 Å². The number of rotatable bonds is 4. The molecule has 1 atom stereocenters. The van der Waals surface area contributed by atoms with Gasteiger partial charge in [-0.2, -0.15) is 0 Å². The molecule has 0 saturated carbocycles. The van der Waals surface area contributed by atoms with Crippen molar-refractivity contribution in [3.05, 3.63) is 33.8 Å². The van der Waals surface area contributed by atoms with Gasteiger partial charge in [-0.25, -0.2) is 0 Å². The van der Waals surface area contributed by atoms with E-state index in [9.17, 15) is 0 Å². The van der Waals surface area contributed by atoms with Crippen molar-refractivity contribution in [2.45, 2.75) is 46.6 Å².